The van der Waals surface area contributed by atoms with Gasteiger partial charge in [-0.3, -0.25) is 9.08 Å². The molecule has 0 aliphatic heterocycles. The zero-order valence-corrected chi connectivity index (χ0v) is 15.0. The summed E-state index contributed by atoms with van der Waals surface area (Å²) in [6.07, 6.45) is 5.03. The van der Waals surface area contributed by atoms with Crippen molar-refractivity contribution < 1.29 is 4.39 Å². The van der Waals surface area contributed by atoms with Gasteiger partial charge < -0.3 is 5.32 Å². The number of rotatable bonds is 6. The first-order valence-corrected chi connectivity index (χ1v) is 8.70. The van der Waals surface area contributed by atoms with Crippen LogP contribution in [-0.2, 0) is 13.5 Å². The summed E-state index contributed by atoms with van der Waals surface area (Å²) in [5.74, 6) is 1.88. The molecule has 0 saturated heterocycles. The Kier molecular flexibility index (Phi) is 4.49. The lowest BCUT2D eigenvalue weighted by atomic mass is 10.2. The van der Waals surface area contributed by atoms with Crippen LogP contribution in [0.25, 0.3) is 16.9 Å². The van der Waals surface area contributed by atoms with Gasteiger partial charge in [-0.1, -0.05) is 6.92 Å². The number of anilines is 2. The van der Waals surface area contributed by atoms with Gasteiger partial charge in [0.2, 0.25) is 5.95 Å². The van der Waals surface area contributed by atoms with E-state index in [-0.39, 0.29) is 6.42 Å². The third kappa shape index (κ3) is 3.48. The van der Waals surface area contributed by atoms with Crippen LogP contribution in [0, 0.1) is 0 Å². The molecule has 1 N–H and O–H groups in total. The molecular weight excluding hydrogens is 347 g/mol. The number of halogens is 1. The molecule has 0 radical (unpaired) electrons. The van der Waals surface area contributed by atoms with Crippen molar-refractivity contribution in [3.05, 3.63) is 48.7 Å². The van der Waals surface area contributed by atoms with Gasteiger partial charge in [0, 0.05) is 37.5 Å². The number of aryl methyl sites for hydroxylation is 1. The van der Waals surface area contributed by atoms with Crippen LogP contribution in [0.5, 0.6) is 0 Å². The summed E-state index contributed by atoms with van der Waals surface area (Å²) in [6, 6.07) is 7.46. The van der Waals surface area contributed by atoms with Crippen LogP contribution >= 0.6 is 0 Å². The van der Waals surface area contributed by atoms with Crippen molar-refractivity contribution in [3.63, 3.8) is 0 Å². The molecule has 0 unspecified atom stereocenters. The lowest BCUT2D eigenvalue weighted by Gasteiger charge is -2.07. The van der Waals surface area contributed by atoms with E-state index >= 15 is 0 Å². The average molecular weight is 366 g/mol. The minimum absolute atomic E-state index is 0.253. The van der Waals surface area contributed by atoms with Gasteiger partial charge in [0.05, 0.1) is 11.9 Å². The van der Waals surface area contributed by atoms with Crippen molar-refractivity contribution in [2.75, 3.05) is 5.32 Å². The molecule has 138 valence electrons. The molecule has 0 aliphatic rings. The van der Waals surface area contributed by atoms with Gasteiger partial charge in [-0.15, -0.1) is 10.2 Å². The van der Waals surface area contributed by atoms with E-state index in [1.54, 1.807) is 17.1 Å². The molecule has 0 amide bonds. The Labute approximate surface area is 155 Å². The summed E-state index contributed by atoms with van der Waals surface area (Å²) in [5, 5.41) is 15.5. The Hall–Kier alpha value is -3.36. The standard InChI is InChI=1S/C18H19FN8/c1-3-13(19)11-17-25-24-16-10-12(6-9-27(16)17)14-4-7-20-18(22-14)23-15-5-8-21-26(15)2/h4-10,13H,3,11H2,1-2H3,(H,20,22,23)/t13-/m0/s1. The Balaban J connectivity index is 1.62. The van der Waals surface area contributed by atoms with Crippen LogP contribution < -0.4 is 5.32 Å². The van der Waals surface area contributed by atoms with Crippen molar-refractivity contribution in [1.82, 2.24) is 34.3 Å². The minimum Gasteiger partial charge on any atom is -0.309 e. The molecule has 0 aliphatic carbocycles. The van der Waals surface area contributed by atoms with Gasteiger partial charge in [-0.25, -0.2) is 14.4 Å². The van der Waals surface area contributed by atoms with Crippen LogP contribution in [0.4, 0.5) is 16.2 Å². The first-order chi connectivity index (χ1) is 13.1. The number of fused-ring (bicyclic) bond motifs is 1. The quantitative estimate of drug-likeness (QED) is 0.565. The molecule has 9 heteroatoms. The summed E-state index contributed by atoms with van der Waals surface area (Å²) in [7, 11) is 1.84. The summed E-state index contributed by atoms with van der Waals surface area (Å²) < 4.78 is 17.2. The highest BCUT2D eigenvalue weighted by atomic mass is 19.1. The second-order valence-electron chi connectivity index (χ2n) is 6.20. The molecule has 1 atom stereocenters. The van der Waals surface area contributed by atoms with E-state index in [0.29, 0.717) is 23.8 Å². The van der Waals surface area contributed by atoms with Crippen LogP contribution in [0.15, 0.2) is 42.9 Å². The molecule has 4 heterocycles. The molecule has 4 aromatic rings. The van der Waals surface area contributed by atoms with Crippen LogP contribution in [-0.4, -0.2) is 40.5 Å². The molecule has 27 heavy (non-hydrogen) atoms. The van der Waals surface area contributed by atoms with Crippen molar-refractivity contribution in [2.24, 2.45) is 7.05 Å². The number of alkyl halides is 1. The maximum absolute atomic E-state index is 13.7. The smallest absolute Gasteiger partial charge is 0.228 e. The number of nitrogens with one attached hydrogen (secondary N) is 1. The van der Waals surface area contributed by atoms with Crippen molar-refractivity contribution >= 4 is 17.4 Å². The second kappa shape index (κ2) is 7.10. The molecule has 0 aromatic carbocycles. The third-order valence-corrected chi connectivity index (χ3v) is 4.34. The van der Waals surface area contributed by atoms with Gasteiger partial charge in [-0.2, -0.15) is 5.10 Å². The predicted octanol–water partition coefficient (Wildman–Crippen LogP) is 2.95. The first kappa shape index (κ1) is 17.1. The monoisotopic (exact) mass is 366 g/mol. The highest BCUT2D eigenvalue weighted by molar-refractivity contribution is 5.65. The molecule has 8 nitrogen and oxygen atoms in total. The van der Waals surface area contributed by atoms with E-state index in [1.165, 1.54) is 0 Å². The van der Waals surface area contributed by atoms with Crippen molar-refractivity contribution in [3.8, 4) is 11.3 Å². The zero-order valence-electron chi connectivity index (χ0n) is 15.0. The Morgan fingerprint density at radius 1 is 1.19 bits per heavy atom. The Bertz CT molecular complexity index is 1070. The van der Waals surface area contributed by atoms with E-state index in [1.807, 2.05) is 48.8 Å². The van der Waals surface area contributed by atoms with Crippen LogP contribution in [0.3, 0.4) is 0 Å². The Morgan fingerprint density at radius 3 is 2.85 bits per heavy atom. The number of nitrogens with zero attached hydrogens (tertiary/aromatic N) is 7. The fourth-order valence-electron chi connectivity index (χ4n) is 2.77. The topological polar surface area (TPSA) is 85.8 Å². The summed E-state index contributed by atoms with van der Waals surface area (Å²) in [6.45, 7) is 1.82. The highest BCUT2D eigenvalue weighted by Crippen LogP contribution is 2.21. The van der Waals surface area contributed by atoms with E-state index in [0.717, 1.165) is 17.1 Å². The lowest BCUT2D eigenvalue weighted by molar-refractivity contribution is 0.317. The fraction of sp³-hybridized carbons (Fsp3) is 0.278. The molecule has 4 rings (SSSR count). The summed E-state index contributed by atoms with van der Waals surface area (Å²) in [5.41, 5.74) is 2.29. The predicted molar refractivity (Wildman–Crippen MR) is 99.4 cm³/mol. The lowest BCUT2D eigenvalue weighted by Crippen LogP contribution is -2.06. The number of aromatic nitrogens is 7. The number of pyridine rings is 1. The van der Waals surface area contributed by atoms with Crippen molar-refractivity contribution in [2.45, 2.75) is 25.9 Å². The first-order valence-electron chi connectivity index (χ1n) is 8.70. The van der Waals surface area contributed by atoms with Crippen LogP contribution in [0.2, 0.25) is 0 Å². The SMILES string of the molecule is CC[C@H](F)Cc1nnc2cc(-c3ccnc(Nc4ccnn4C)n3)ccn12. The van der Waals surface area contributed by atoms with Crippen molar-refractivity contribution in [1.29, 1.82) is 0 Å². The number of hydrogen-bond acceptors (Lipinski definition) is 6. The normalized spacial score (nSPS) is 12.4. The molecule has 0 bridgehead atoms. The second-order valence-corrected chi connectivity index (χ2v) is 6.20. The molecule has 0 fully saturated rings. The fourth-order valence-corrected chi connectivity index (χ4v) is 2.77. The van der Waals surface area contributed by atoms with Gasteiger partial charge >= 0.3 is 0 Å². The van der Waals surface area contributed by atoms with Gasteiger partial charge in [0.25, 0.3) is 0 Å². The minimum atomic E-state index is -0.917. The van der Waals surface area contributed by atoms with Gasteiger partial charge in [0.15, 0.2) is 5.65 Å². The maximum Gasteiger partial charge on any atom is 0.228 e. The molecule has 4 aromatic heterocycles. The molecular formula is C18H19FN8. The largest absolute Gasteiger partial charge is 0.309 e. The van der Waals surface area contributed by atoms with E-state index in [9.17, 15) is 4.39 Å². The van der Waals surface area contributed by atoms with E-state index in [2.05, 4.69) is 30.6 Å². The average Bonchev–Trinajstić information content (AvgIpc) is 3.28. The zero-order chi connectivity index (χ0) is 18.8. The molecule has 0 saturated carbocycles. The maximum atomic E-state index is 13.7. The van der Waals surface area contributed by atoms with Gasteiger partial charge in [0.1, 0.15) is 17.8 Å². The molecule has 0 spiro atoms. The van der Waals surface area contributed by atoms with E-state index in [4.69, 9.17) is 0 Å². The summed E-state index contributed by atoms with van der Waals surface area (Å²) in [4.78, 5) is 8.80. The summed E-state index contributed by atoms with van der Waals surface area (Å²) >= 11 is 0. The highest BCUT2D eigenvalue weighted by Gasteiger charge is 2.13. The number of hydrogen-bond donors (Lipinski definition) is 1. The van der Waals surface area contributed by atoms with Gasteiger partial charge in [-0.05, 0) is 24.6 Å². The Morgan fingerprint density at radius 2 is 2.07 bits per heavy atom. The van der Waals surface area contributed by atoms with E-state index < -0.39 is 6.17 Å². The third-order valence-electron chi connectivity index (χ3n) is 4.34. The van der Waals surface area contributed by atoms with Crippen LogP contribution in [0.1, 0.15) is 19.2 Å².